The third-order valence-electron chi connectivity index (χ3n) is 5.66. The van der Waals surface area contributed by atoms with Gasteiger partial charge in [-0.1, -0.05) is 17.7 Å². The van der Waals surface area contributed by atoms with Crippen LogP contribution in [0.3, 0.4) is 0 Å². The molecule has 0 radical (unpaired) electrons. The summed E-state index contributed by atoms with van der Waals surface area (Å²) in [5.74, 6) is 1.12. The molecule has 1 atom stereocenters. The highest BCUT2D eigenvalue weighted by Crippen LogP contribution is 2.39. The van der Waals surface area contributed by atoms with Crippen LogP contribution in [-0.2, 0) is 6.18 Å². The predicted octanol–water partition coefficient (Wildman–Crippen LogP) is 4.21. The number of alkyl halides is 3. The number of furan rings is 1. The monoisotopic (exact) mass is 478 g/mol. The van der Waals surface area contributed by atoms with Crippen molar-refractivity contribution in [3.8, 4) is 11.6 Å². The molecule has 0 fully saturated rings. The van der Waals surface area contributed by atoms with E-state index in [-0.39, 0.29) is 16.5 Å². The van der Waals surface area contributed by atoms with Gasteiger partial charge in [0.25, 0.3) is 0 Å². The van der Waals surface area contributed by atoms with E-state index >= 15 is 0 Å². The molecule has 1 unspecified atom stereocenters. The third kappa shape index (κ3) is 3.85. The summed E-state index contributed by atoms with van der Waals surface area (Å²) in [6.45, 7) is 2.59. The number of H-pyrrole nitrogens is 1. The summed E-state index contributed by atoms with van der Waals surface area (Å²) in [5.41, 5.74) is 7.08. The zero-order valence-corrected chi connectivity index (χ0v) is 18.0. The molecule has 13 heteroatoms. The fourth-order valence-electron chi connectivity index (χ4n) is 3.96. The van der Waals surface area contributed by atoms with Crippen LogP contribution < -0.4 is 5.73 Å². The SMILES string of the molecule is CC(c1c(Cl)n[nH]c1C(F)(F)F)N1CC=C(c2cn3nc(-c4ccco4)nc3c(N)n2)CC1. The standard InChI is InChI=1S/C20H18ClF3N8O/c1-10(14-15(20(22,23)24)28-29-16(14)21)31-6-4-11(5-7-31)12-9-32-19(17(25)26-12)27-18(30-32)13-3-2-8-33-13/h2-4,8-10H,5-7H2,1H3,(H2,25,26)(H,28,29). The Hall–Kier alpha value is -3.38. The number of fused-ring (bicyclic) bond motifs is 1. The van der Waals surface area contributed by atoms with Gasteiger partial charge in [-0.15, -0.1) is 5.10 Å². The Morgan fingerprint density at radius 3 is 2.79 bits per heavy atom. The Morgan fingerprint density at radius 2 is 2.12 bits per heavy atom. The number of halogens is 4. The molecular weight excluding hydrogens is 461 g/mol. The highest BCUT2D eigenvalue weighted by atomic mass is 35.5. The van der Waals surface area contributed by atoms with Gasteiger partial charge in [0, 0.05) is 24.7 Å². The van der Waals surface area contributed by atoms with Crippen molar-refractivity contribution in [1.82, 2.24) is 34.7 Å². The summed E-state index contributed by atoms with van der Waals surface area (Å²) in [4.78, 5) is 10.7. The van der Waals surface area contributed by atoms with E-state index in [1.54, 1.807) is 29.8 Å². The van der Waals surface area contributed by atoms with Gasteiger partial charge >= 0.3 is 6.18 Å². The van der Waals surface area contributed by atoms with E-state index < -0.39 is 17.9 Å². The van der Waals surface area contributed by atoms with Crippen LogP contribution in [-0.4, -0.2) is 47.8 Å². The fraction of sp³-hybridized carbons (Fsp3) is 0.300. The molecule has 4 aromatic rings. The molecule has 1 aliphatic heterocycles. The number of aromatic amines is 1. The molecule has 0 spiro atoms. The van der Waals surface area contributed by atoms with Crippen molar-refractivity contribution in [2.45, 2.75) is 25.6 Å². The van der Waals surface area contributed by atoms with Crippen LogP contribution >= 0.6 is 11.6 Å². The summed E-state index contributed by atoms with van der Waals surface area (Å²) in [7, 11) is 0. The number of nitrogens with zero attached hydrogens (tertiary/aromatic N) is 6. The van der Waals surface area contributed by atoms with E-state index in [0.717, 1.165) is 5.57 Å². The van der Waals surface area contributed by atoms with Gasteiger partial charge in [-0.25, -0.2) is 14.5 Å². The first kappa shape index (κ1) is 21.5. The van der Waals surface area contributed by atoms with Gasteiger partial charge in [0.2, 0.25) is 5.82 Å². The second-order valence-electron chi connectivity index (χ2n) is 7.64. The van der Waals surface area contributed by atoms with Crippen LogP contribution in [0.1, 0.15) is 36.3 Å². The second-order valence-corrected chi connectivity index (χ2v) is 8.00. The zero-order chi connectivity index (χ0) is 23.3. The smallest absolute Gasteiger partial charge is 0.433 e. The number of nitrogens with two attached hydrogens (primary N) is 1. The van der Waals surface area contributed by atoms with Gasteiger partial charge in [-0.3, -0.25) is 10.00 Å². The summed E-state index contributed by atoms with van der Waals surface area (Å²) in [6, 6.07) is 2.90. The van der Waals surface area contributed by atoms with E-state index in [0.29, 0.717) is 42.4 Å². The van der Waals surface area contributed by atoms with Crippen molar-refractivity contribution in [3.05, 3.63) is 52.8 Å². The summed E-state index contributed by atoms with van der Waals surface area (Å²) in [6.07, 6.45) is 1.16. The zero-order valence-electron chi connectivity index (χ0n) is 17.3. The van der Waals surface area contributed by atoms with Crippen molar-refractivity contribution in [2.24, 2.45) is 0 Å². The van der Waals surface area contributed by atoms with Crippen LogP contribution in [0.5, 0.6) is 0 Å². The molecule has 0 aliphatic carbocycles. The largest absolute Gasteiger partial charge is 0.461 e. The first-order valence-electron chi connectivity index (χ1n) is 10.0. The quantitative estimate of drug-likeness (QED) is 0.451. The Labute approximate surface area is 190 Å². The van der Waals surface area contributed by atoms with Gasteiger partial charge in [-0.05, 0) is 31.1 Å². The van der Waals surface area contributed by atoms with Gasteiger partial charge < -0.3 is 10.2 Å². The molecule has 33 heavy (non-hydrogen) atoms. The Balaban J connectivity index is 1.40. The van der Waals surface area contributed by atoms with Crippen LogP contribution in [0.25, 0.3) is 22.8 Å². The molecule has 3 N–H and O–H groups in total. The summed E-state index contributed by atoms with van der Waals surface area (Å²) >= 11 is 5.97. The number of hydrogen-bond donors (Lipinski definition) is 2. The van der Waals surface area contributed by atoms with Crippen LogP contribution in [0.4, 0.5) is 19.0 Å². The molecule has 0 aromatic carbocycles. The number of anilines is 1. The first-order valence-corrected chi connectivity index (χ1v) is 10.4. The van der Waals surface area contributed by atoms with E-state index in [9.17, 15) is 13.2 Å². The molecule has 0 bridgehead atoms. The number of nitrogens with one attached hydrogen (secondary N) is 1. The Bertz CT molecular complexity index is 1340. The van der Waals surface area contributed by atoms with Crippen molar-refractivity contribution in [2.75, 3.05) is 18.8 Å². The van der Waals surface area contributed by atoms with E-state index in [1.807, 2.05) is 16.1 Å². The maximum Gasteiger partial charge on any atom is 0.433 e. The van der Waals surface area contributed by atoms with Gasteiger partial charge in [-0.2, -0.15) is 18.3 Å². The van der Waals surface area contributed by atoms with Crippen LogP contribution in [0, 0.1) is 0 Å². The highest BCUT2D eigenvalue weighted by Gasteiger charge is 2.39. The molecule has 0 saturated heterocycles. The fourth-order valence-corrected chi connectivity index (χ4v) is 4.25. The number of nitrogen functional groups attached to an aromatic ring is 1. The van der Waals surface area contributed by atoms with Crippen molar-refractivity contribution in [3.63, 3.8) is 0 Å². The second kappa shape index (κ2) is 7.89. The minimum Gasteiger partial charge on any atom is -0.461 e. The molecule has 9 nitrogen and oxygen atoms in total. The van der Waals surface area contributed by atoms with Gasteiger partial charge in [0.1, 0.15) is 5.69 Å². The molecule has 0 saturated carbocycles. The number of hydrogen-bond acceptors (Lipinski definition) is 7. The Morgan fingerprint density at radius 1 is 1.30 bits per heavy atom. The predicted molar refractivity (Wildman–Crippen MR) is 114 cm³/mol. The van der Waals surface area contributed by atoms with Gasteiger partial charge in [0.05, 0.1) is 18.2 Å². The third-order valence-corrected chi connectivity index (χ3v) is 5.95. The molecule has 1 aliphatic rings. The van der Waals surface area contributed by atoms with Gasteiger partial charge in [0.15, 0.2) is 22.4 Å². The number of rotatable bonds is 4. The summed E-state index contributed by atoms with van der Waals surface area (Å²) < 4.78 is 46.9. The van der Waals surface area contributed by atoms with E-state index in [1.165, 1.54) is 6.26 Å². The summed E-state index contributed by atoms with van der Waals surface area (Å²) in [5, 5.41) is 9.80. The topological polar surface area (TPSA) is 114 Å². The van der Waals surface area contributed by atoms with Crippen molar-refractivity contribution < 1.29 is 17.6 Å². The molecule has 5 rings (SSSR count). The lowest BCUT2D eigenvalue weighted by atomic mass is 10.0. The molecule has 4 aromatic heterocycles. The average molecular weight is 479 g/mol. The lowest BCUT2D eigenvalue weighted by Crippen LogP contribution is -2.32. The lowest BCUT2D eigenvalue weighted by molar-refractivity contribution is -0.142. The van der Waals surface area contributed by atoms with Crippen molar-refractivity contribution >= 4 is 28.6 Å². The van der Waals surface area contributed by atoms with E-state index in [2.05, 4.69) is 20.2 Å². The highest BCUT2D eigenvalue weighted by molar-refractivity contribution is 6.30. The maximum absolute atomic E-state index is 13.3. The van der Waals surface area contributed by atoms with Crippen LogP contribution in [0.15, 0.2) is 35.1 Å². The normalized spacial score (nSPS) is 16.3. The Kier molecular flexibility index (Phi) is 5.13. The van der Waals surface area contributed by atoms with Crippen LogP contribution in [0.2, 0.25) is 5.15 Å². The molecular formula is C20H18ClF3N8O. The number of aromatic nitrogens is 6. The molecule has 0 amide bonds. The lowest BCUT2D eigenvalue weighted by Gasteiger charge is -2.32. The molecule has 172 valence electrons. The van der Waals surface area contributed by atoms with E-state index in [4.69, 9.17) is 21.8 Å². The first-order chi connectivity index (χ1) is 15.7. The maximum atomic E-state index is 13.3. The average Bonchev–Trinajstić information content (AvgIpc) is 3.52. The van der Waals surface area contributed by atoms with Crippen molar-refractivity contribution in [1.29, 1.82) is 0 Å². The minimum atomic E-state index is -4.57. The minimum absolute atomic E-state index is 0.0575. The molecule has 5 heterocycles.